The molecule has 0 aromatic heterocycles. The second kappa shape index (κ2) is 9.35. The normalized spacial score (nSPS) is 14.8. The number of nitrogens with one attached hydrogen (secondary N) is 1. The zero-order chi connectivity index (χ0) is 21.7. The van der Waals surface area contributed by atoms with Crippen molar-refractivity contribution in [2.75, 3.05) is 13.1 Å². The Morgan fingerprint density at radius 2 is 1.53 bits per heavy atom. The monoisotopic (exact) mass is 408 g/mol. The molecular weight excluding hydrogens is 384 g/mol. The van der Waals surface area contributed by atoms with Gasteiger partial charge < -0.3 is 10.1 Å². The number of hydrogen-bond acceptors (Lipinski definition) is 5. The van der Waals surface area contributed by atoms with Gasteiger partial charge in [0.15, 0.2) is 6.10 Å². The molecule has 0 bridgehead atoms. The fraction of sp³-hybridized carbons (Fsp3) is 0.304. The first-order chi connectivity index (χ1) is 14.4. The van der Waals surface area contributed by atoms with E-state index in [0.717, 1.165) is 16.9 Å². The van der Waals surface area contributed by atoms with Gasteiger partial charge in [-0.1, -0.05) is 49.4 Å². The van der Waals surface area contributed by atoms with Crippen LogP contribution in [0.25, 0.3) is 0 Å². The highest BCUT2D eigenvalue weighted by atomic mass is 16.5. The summed E-state index contributed by atoms with van der Waals surface area (Å²) < 4.78 is 5.14. The highest BCUT2D eigenvalue weighted by Gasteiger charge is 2.37. The van der Waals surface area contributed by atoms with Gasteiger partial charge in [-0.25, -0.2) is 0 Å². The second-order valence-corrected chi connectivity index (χ2v) is 7.14. The molecule has 0 saturated carbocycles. The van der Waals surface area contributed by atoms with Crippen LogP contribution in [0.1, 0.15) is 52.5 Å². The number of benzene rings is 2. The molecule has 1 N–H and O–H groups in total. The molecule has 2 aromatic carbocycles. The summed E-state index contributed by atoms with van der Waals surface area (Å²) in [6, 6.07) is 16.2. The number of esters is 1. The maximum Gasteiger partial charge on any atom is 0.326 e. The van der Waals surface area contributed by atoms with E-state index < -0.39 is 36.3 Å². The Hall–Kier alpha value is -3.48. The van der Waals surface area contributed by atoms with E-state index in [1.54, 1.807) is 12.1 Å². The summed E-state index contributed by atoms with van der Waals surface area (Å²) in [6.45, 7) is 3.37. The van der Waals surface area contributed by atoms with Gasteiger partial charge in [-0.2, -0.15) is 0 Å². The van der Waals surface area contributed by atoms with E-state index in [1.165, 1.54) is 19.1 Å². The predicted molar refractivity (Wildman–Crippen MR) is 110 cm³/mol. The molecule has 0 spiro atoms. The fourth-order valence-electron chi connectivity index (χ4n) is 3.39. The Kier molecular flexibility index (Phi) is 6.61. The van der Waals surface area contributed by atoms with Crippen molar-refractivity contribution in [2.24, 2.45) is 0 Å². The average Bonchev–Trinajstić information content (AvgIpc) is 2.99. The number of hydrogen-bond donors (Lipinski definition) is 1. The van der Waals surface area contributed by atoms with Crippen molar-refractivity contribution in [3.63, 3.8) is 0 Å². The fourth-order valence-corrected chi connectivity index (χ4v) is 3.39. The van der Waals surface area contributed by atoms with Crippen LogP contribution in [0, 0.1) is 0 Å². The van der Waals surface area contributed by atoms with E-state index in [4.69, 9.17) is 4.74 Å². The van der Waals surface area contributed by atoms with Crippen molar-refractivity contribution in [3.05, 3.63) is 71.3 Å². The van der Waals surface area contributed by atoms with Crippen LogP contribution >= 0.6 is 0 Å². The Labute approximate surface area is 175 Å². The smallest absolute Gasteiger partial charge is 0.326 e. The molecule has 0 unspecified atom stereocenters. The van der Waals surface area contributed by atoms with Gasteiger partial charge >= 0.3 is 5.97 Å². The number of rotatable bonds is 8. The van der Waals surface area contributed by atoms with Gasteiger partial charge in [-0.05, 0) is 31.0 Å². The van der Waals surface area contributed by atoms with Crippen molar-refractivity contribution >= 4 is 23.7 Å². The lowest BCUT2D eigenvalue weighted by molar-refractivity contribution is -0.154. The molecule has 2 atom stereocenters. The maximum absolute atomic E-state index is 12.3. The van der Waals surface area contributed by atoms with E-state index in [9.17, 15) is 19.2 Å². The molecular formula is C23H24N2O5. The van der Waals surface area contributed by atoms with Gasteiger partial charge in [0.05, 0.1) is 11.1 Å². The zero-order valence-corrected chi connectivity index (χ0v) is 17.0. The van der Waals surface area contributed by atoms with Crippen LogP contribution in [0.2, 0.25) is 0 Å². The summed E-state index contributed by atoms with van der Waals surface area (Å²) in [5.74, 6) is -2.18. The number of carbonyl (C=O) groups excluding carboxylic acids is 4. The quantitative estimate of drug-likeness (QED) is 0.535. The molecule has 3 amide bonds. The minimum absolute atomic E-state index is 0.149. The Morgan fingerprint density at radius 1 is 0.967 bits per heavy atom. The standard InChI is InChI=1S/C23H24N2O5/c1-3-16(17-9-5-4-6-10-17)13-24-21(27)15(2)30-20(26)14-25-22(28)18-11-7-8-12-19(18)23(25)29/h4-12,15-16H,3,13-14H2,1-2H3,(H,24,27)/t15-,16+/m1/s1. The molecule has 1 heterocycles. The zero-order valence-electron chi connectivity index (χ0n) is 17.0. The summed E-state index contributed by atoms with van der Waals surface area (Å²) in [5.41, 5.74) is 1.63. The molecule has 0 saturated heterocycles. The number of ether oxygens (including phenoxy) is 1. The molecule has 30 heavy (non-hydrogen) atoms. The lowest BCUT2D eigenvalue weighted by atomic mass is 9.96. The molecule has 156 valence electrons. The first-order valence-electron chi connectivity index (χ1n) is 9.89. The molecule has 7 nitrogen and oxygen atoms in total. The van der Waals surface area contributed by atoms with Crippen LogP contribution in [-0.2, 0) is 14.3 Å². The SMILES string of the molecule is CC[C@@H](CNC(=O)[C@@H](C)OC(=O)CN1C(=O)c2ccccc2C1=O)c1ccccc1. The molecule has 7 heteroatoms. The van der Waals surface area contributed by atoms with E-state index in [2.05, 4.69) is 5.32 Å². The van der Waals surface area contributed by atoms with Crippen molar-refractivity contribution in [1.29, 1.82) is 0 Å². The number of nitrogens with zero attached hydrogens (tertiary/aromatic N) is 1. The van der Waals surface area contributed by atoms with Gasteiger partial charge in [0.2, 0.25) is 0 Å². The van der Waals surface area contributed by atoms with Crippen LogP contribution < -0.4 is 5.32 Å². The van der Waals surface area contributed by atoms with E-state index in [-0.39, 0.29) is 17.0 Å². The van der Waals surface area contributed by atoms with Crippen molar-refractivity contribution in [2.45, 2.75) is 32.3 Å². The number of fused-ring (bicyclic) bond motifs is 1. The van der Waals surface area contributed by atoms with Crippen LogP contribution in [0.4, 0.5) is 0 Å². The summed E-state index contributed by atoms with van der Waals surface area (Å²) in [4.78, 5) is 50.0. The molecule has 2 aromatic rings. The second-order valence-electron chi connectivity index (χ2n) is 7.14. The minimum atomic E-state index is -1.04. The molecule has 1 aliphatic rings. The van der Waals surface area contributed by atoms with Gasteiger partial charge in [-0.3, -0.25) is 24.1 Å². The Balaban J connectivity index is 1.51. The summed E-state index contributed by atoms with van der Waals surface area (Å²) >= 11 is 0. The Bertz CT molecular complexity index is 922. The number of imide groups is 1. The lowest BCUT2D eigenvalue weighted by Gasteiger charge is -2.19. The van der Waals surface area contributed by atoms with Crippen molar-refractivity contribution in [1.82, 2.24) is 10.2 Å². The highest BCUT2D eigenvalue weighted by Crippen LogP contribution is 2.22. The van der Waals surface area contributed by atoms with Crippen molar-refractivity contribution < 1.29 is 23.9 Å². The van der Waals surface area contributed by atoms with E-state index in [1.807, 2.05) is 37.3 Å². The highest BCUT2D eigenvalue weighted by molar-refractivity contribution is 6.22. The topological polar surface area (TPSA) is 92.8 Å². The van der Waals surface area contributed by atoms with Crippen molar-refractivity contribution in [3.8, 4) is 0 Å². The predicted octanol–water partition coefficient (Wildman–Crippen LogP) is 2.52. The van der Waals surface area contributed by atoms with Gasteiger partial charge in [0.1, 0.15) is 6.54 Å². The van der Waals surface area contributed by atoms with Crippen LogP contribution in [0.3, 0.4) is 0 Å². The molecule has 1 aliphatic heterocycles. The van der Waals surface area contributed by atoms with E-state index in [0.29, 0.717) is 6.54 Å². The Morgan fingerprint density at radius 3 is 2.10 bits per heavy atom. The number of carbonyl (C=O) groups is 4. The van der Waals surface area contributed by atoms with Gasteiger partial charge in [-0.15, -0.1) is 0 Å². The van der Waals surface area contributed by atoms with Crippen LogP contribution in [-0.4, -0.2) is 47.8 Å². The third-order valence-electron chi connectivity index (χ3n) is 5.13. The van der Waals surface area contributed by atoms with Gasteiger partial charge in [0.25, 0.3) is 17.7 Å². The molecule has 0 fully saturated rings. The molecule has 0 aliphatic carbocycles. The lowest BCUT2D eigenvalue weighted by Crippen LogP contribution is -2.41. The average molecular weight is 408 g/mol. The third-order valence-corrected chi connectivity index (χ3v) is 5.13. The molecule has 3 rings (SSSR count). The summed E-state index contributed by atoms with van der Waals surface area (Å²) in [6.07, 6.45) is -0.195. The maximum atomic E-state index is 12.3. The number of amides is 3. The first kappa shape index (κ1) is 21.2. The minimum Gasteiger partial charge on any atom is -0.451 e. The van der Waals surface area contributed by atoms with E-state index >= 15 is 0 Å². The van der Waals surface area contributed by atoms with Gasteiger partial charge in [0, 0.05) is 12.5 Å². The summed E-state index contributed by atoms with van der Waals surface area (Å²) in [7, 11) is 0. The first-order valence-corrected chi connectivity index (χ1v) is 9.89. The summed E-state index contributed by atoms with van der Waals surface area (Å²) in [5, 5.41) is 2.80. The third kappa shape index (κ3) is 4.56. The molecule has 0 radical (unpaired) electrons. The van der Waals surface area contributed by atoms with Crippen LogP contribution in [0.5, 0.6) is 0 Å². The largest absolute Gasteiger partial charge is 0.451 e. The van der Waals surface area contributed by atoms with Crippen LogP contribution in [0.15, 0.2) is 54.6 Å².